The van der Waals surface area contributed by atoms with Crippen molar-refractivity contribution >= 4 is 10.9 Å². The van der Waals surface area contributed by atoms with E-state index in [9.17, 15) is 0 Å². The van der Waals surface area contributed by atoms with Crippen LogP contribution in [0.3, 0.4) is 0 Å². The Hall–Kier alpha value is -2.81. The molecule has 2 atom stereocenters. The van der Waals surface area contributed by atoms with Gasteiger partial charge in [0.1, 0.15) is 5.75 Å². The fourth-order valence-electron chi connectivity index (χ4n) is 4.67. The number of nitrogens with zero attached hydrogens (tertiary/aromatic N) is 2. The van der Waals surface area contributed by atoms with Crippen molar-refractivity contribution in [2.24, 2.45) is 0 Å². The molecule has 1 saturated heterocycles. The first-order chi connectivity index (χ1) is 14.6. The molecule has 1 N–H and O–H groups in total. The number of likely N-dealkylation sites (tertiary alicyclic amines) is 1. The number of fused-ring (bicyclic) bond motifs is 1. The molecule has 1 aliphatic rings. The zero-order valence-corrected chi connectivity index (χ0v) is 17.9. The third kappa shape index (κ3) is 3.94. The molecule has 1 aromatic heterocycles. The van der Waals surface area contributed by atoms with Crippen LogP contribution in [-0.4, -0.2) is 36.2 Å². The molecule has 3 aromatic rings. The quantitative estimate of drug-likeness (QED) is 0.622. The Balaban J connectivity index is 1.69. The van der Waals surface area contributed by atoms with E-state index in [4.69, 9.17) is 14.7 Å². The lowest BCUT2D eigenvalue weighted by atomic mass is 9.91. The number of rotatable bonds is 6. The van der Waals surface area contributed by atoms with Crippen molar-refractivity contribution in [2.75, 3.05) is 20.3 Å². The Morgan fingerprint density at radius 1 is 1.23 bits per heavy atom. The Morgan fingerprint density at radius 2 is 2.03 bits per heavy atom. The fourth-order valence-corrected chi connectivity index (χ4v) is 4.67. The number of nitrogens with one attached hydrogen (secondary N) is 1. The first kappa shape index (κ1) is 20.5. The lowest BCUT2D eigenvalue weighted by Crippen LogP contribution is -2.39. The molecule has 1 aliphatic heterocycles. The zero-order valence-electron chi connectivity index (χ0n) is 17.9. The highest BCUT2D eigenvalue weighted by molar-refractivity contribution is 5.88. The molecule has 0 spiro atoms. The molecule has 0 radical (unpaired) electrons. The van der Waals surface area contributed by atoms with E-state index in [1.54, 1.807) is 7.11 Å². The number of aromatic amines is 1. The second-order valence-electron chi connectivity index (χ2n) is 7.96. The average molecular weight is 404 g/mol. The summed E-state index contributed by atoms with van der Waals surface area (Å²) in [7, 11) is 1.75. The summed E-state index contributed by atoms with van der Waals surface area (Å²) in [5, 5.41) is 10.4. The molecule has 2 heterocycles. The summed E-state index contributed by atoms with van der Waals surface area (Å²) in [5.74, 6) is 0.935. The summed E-state index contributed by atoms with van der Waals surface area (Å²) in [6.45, 7) is 6.67. The predicted octanol–water partition coefficient (Wildman–Crippen LogP) is 5.10. The summed E-state index contributed by atoms with van der Waals surface area (Å²) in [6.07, 6.45) is 4.23. The topological polar surface area (TPSA) is 61.3 Å². The molecule has 0 saturated carbocycles. The van der Waals surface area contributed by atoms with Crippen LogP contribution in [0.5, 0.6) is 5.75 Å². The van der Waals surface area contributed by atoms with Crippen LogP contribution in [0.15, 0.2) is 42.6 Å². The molecule has 156 valence electrons. The molecule has 30 heavy (non-hydrogen) atoms. The van der Waals surface area contributed by atoms with Crippen LogP contribution in [0.25, 0.3) is 10.9 Å². The van der Waals surface area contributed by atoms with Crippen molar-refractivity contribution in [1.82, 2.24) is 9.88 Å². The minimum Gasteiger partial charge on any atom is -0.496 e. The highest BCUT2D eigenvalue weighted by Gasteiger charge is 2.31. The Bertz CT molecular complexity index is 1050. The summed E-state index contributed by atoms with van der Waals surface area (Å²) in [5.41, 5.74) is 5.50. The molecule has 5 nitrogen and oxygen atoms in total. The maximum Gasteiger partial charge on any atom is 0.124 e. The monoisotopic (exact) mass is 403 g/mol. The smallest absolute Gasteiger partial charge is 0.124 e. The lowest BCUT2D eigenvalue weighted by Gasteiger charge is -2.40. The third-order valence-electron chi connectivity index (χ3n) is 6.18. The van der Waals surface area contributed by atoms with Crippen LogP contribution >= 0.6 is 0 Å². The van der Waals surface area contributed by atoms with E-state index in [1.165, 1.54) is 27.6 Å². The minimum atomic E-state index is 0.239. The molecule has 0 bridgehead atoms. The fraction of sp³-hybridized carbons (Fsp3) is 0.400. The van der Waals surface area contributed by atoms with Gasteiger partial charge < -0.3 is 14.5 Å². The van der Waals surface area contributed by atoms with Crippen LogP contribution in [0, 0.1) is 18.3 Å². The molecule has 0 aliphatic carbocycles. The summed E-state index contributed by atoms with van der Waals surface area (Å²) in [6, 6.07) is 14.7. The van der Waals surface area contributed by atoms with Crippen molar-refractivity contribution in [3.8, 4) is 11.8 Å². The first-order valence-corrected chi connectivity index (χ1v) is 10.6. The Morgan fingerprint density at radius 3 is 2.73 bits per heavy atom. The van der Waals surface area contributed by atoms with Gasteiger partial charge in [-0.1, -0.05) is 12.1 Å². The number of hydrogen-bond acceptors (Lipinski definition) is 4. The van der Waals surface area contributed by atoms with Gasteiger partial charge in [-0.2, -0.15) is 5.26 Å². The minimum absolute atomic E-state index is 0.239. The number of aromatic nitrogens is 1. The molecule has 5 heteroatoms. The standard InChI is InChI=1S/C25H29N3O2/c1-4-30-20-10-12-28(23(14-20)19-7-5-18(15-26)6-8-19)16-22-21-9-11-27-25(21)17(2)13-24(22)29-3/h5-9,11,13,20,23,27H,4,10,12,14,16H2,1-3H3. The van der Waals surface area contributed by atoms with Crippen molar-refractivity contribution in [3.63, 3.8) is 0 Å². The van der Waals surface area contributed by atoms with Gasteiger partial charge in [-0.05, 0) is 62.1 Å². The van der Waals surface area contributed by atoms with E-state index in [1.807, 2.05) is 18.3 Å². The van der Waals surface area contributed by atoms with Gasteiger partial charge in [0.25, 0.3) is 0 Å². The van der Waals surface area contributed by atoms with E-state index in [0.29, 0.717) is 5.56 Å². The first-order valence-electron chi connectivity index (χ1n) is 10.6. The third-order valence-corrected chi connectivity index (χ3v) is 6.18. The van der Waals surface area contributed by atoms with Crippen LogP contribution in [0.4, 0.5) is 0 Å². The van der Waals surface area contributed by atoms with E-state index < -0.39 is 0 Å². The molecule has 1 fully saturated rings. The van der Waals surface area contributed by atoms with Gasteiger partial charge in [0.2, 0.25) is 0 Å². The number of benzene rings is 2. The van der Waals surface area contributed by atoms with Crippen molar-refractivity contribution < 1.29 is 9.47 Å². The largest absolute Gasteiger partial charge is 0.496 e. The number of ether oxygens (including phenoxy) is 2. The highest BCUT2D eigenvalue weighted by atomic mass is 16.5. The normalized spacial score (nSPS) is 19.7. The van der Waals surface area contributed by atoms with Gasteiger partial charge in [0.15, 0.2) is 0 Å². The second-order valence-corrected chi connectivity index (χ2v) is 7.96. The lowest BCUT2D eigenvalue weighted by molar-refractivity contribution is -0.0138. The summed E-state index contributed by atoms with van der Waals surface area (Å²) < 4.78 is 11.8. The van der Waals surface area contributed by atoms with Crippen LogP contribution in [0.1, 0.15) is 48.1 Å². The SMILES string of the molecule is CCOC1CCN(Cc2c(OC)cc(C)c3[nH]ccc23)C(c2ccc(C#N)cc2)C1. The van der Waals surface area contributed by atoms with Gasteiger partial charge in [0.05, 0.1) is 24.8 Å². The second kappa shape index (κ2) is 8.91. The molecular formula is C25H29N3O2. The van der Waals surface area contributed by atoms with Gasteiger partial charge in [-0.3, -0.25) is 4.90 Å². The van der Waals surface area contributed by atoms with Crippen molar-refractivity contribution in [2.45, 2.75) is 45.4 Å². The van der Waals surface area contributed by atoms with E-state index in [-0.39, 0.29) is 12.1 Å². The zero-order chi connectivity index (χ0) is 21.1. The van der Waals surface area contributed by atoms with Crippen molar-refractivity contribution in [1.29, 1.82) is 5.26 Å². The molecule has 0 amide bonds. The number of hydrogen-bond donors (Lipinski definition) is 1. The van der Waals surface area contributed by atoms with Crippen LogP contribution < -0.4 is 4.74 Å². The van der Waals surface area contributed by atoms with Crippen molar-refractivity contribution in [3.05, 3.63) is 64.8 Å². The molecule has 4 rings (SSSR count). The van der Waals surface area contributed by atoms with E-state index in [2.05, 4.69) is 54.1 Å². The maximum atomic E-state index is 9.16. The van der Waals surface area contributed by atoms with Gasteiger partial charge in [0, 0.05) is 48.4 Å². The van der Waals surface area contributed by atoms with E-state index in [0.717, 1.165) is 38.3 Å². The summed E-state index contributed by atoms with van der Waals surface area (Å²) in [4.78, 5) is 5.90. The van der Waals surface area contributed by atoms with Gasteiger partial charge in [-0.25, -0.2) is 0 Å². The molecule has 2 aromatic carbocycles. The Kier molecular flexibility index (Phi) is 6.08. The molecular weight excluding hydrogens is 374 g/mol. The Labute approximate surface area is 178 Å². The average Bonchev–Trinajstić information content (AvgIpc) is 3.27. The van der Waals surface area contributed by atoms with Gasteiger partial charge >= 0.3 is 0 Å². The number of aryl methyl sites for hydroxylation is 1. The van der Waals surface area contributed by atoms with E-state index >= 15 is 0 Å². The van der Waals surface area contributed by atoms with Gasteiger partial charge in [-0.15, -0.1) is 0 Å². The number of piperidine rings is 1. The number of nitriles is 1. The van der Waals surface area contributed by atoms with Crippen LogP contribution in [0.2, 0.25) is 0 Å². The molecule has 2 unspecified atom stereocenters. The maximum absolute atomic E-state index is 9.16. The number of methoxy groups -OCH3 is 1. The van der Waals surface area contributed by atoms with Crippen LogP contribution in [-0.2, 0) is 11.3 Å². The predicted molar refractivity (Wildman–Crippen MR) is 119 cm³/mol. The highest BCUT2D eigenvalue weighted by Crippen LogP contribution is 2.37. The number of H-pyrrole nitrogens is 1. The summed E-state index contributed by atoms with van der Waals surface area (Å²) >= 11 is 0.